The van der Waals surface area contributed by atoms with Crippen LogP contribution in [0.5, 0.6) is 0 Å². The van der Waals surface area contributed by atoms with Gasteiger partial charge in [-0.2, -0.15) is 0 Å². The maximum atomic E-state index is 12.8. The highest BCUT2D eigenvalue weighted by atomic mass is 16.2. The first-order chi connectivity index (χ1) is 13.2. The smallest absolute Gasteiger partial charge is 0.259 e. The fourth-order valence-electron chi connectivity index (χ4n) is 5.17. The molecule has 7 rings (SSSR count). The zero-order chi connectivity index (χ0) is 17.9. The van der Waals surface area contributed by atoms with Crippen LogP contribution < -0.4 is 5.32 Å². The number of benzene rings is 3. The molecule has 0 saturated carbocycles. The second-order valence-electron chi connectivity index (χ2n) is 7.39. The lowest BCUT2D eigenvalue weighted by atomic mass is 9.96. The third-order valence-corrected chi connectivity index (χ3v) is 6.14. The summed E-state index contributed by atoms with van der Waals surface area (Å²) in [5.41, 5.74) is 6.47. The van der Waals surface area contributed by atoms with Crippen molar-refractivity contribution in [3.05, 3.63) is 59.2 Å². The molecule has 2 N–H and O–H groups in total. The second kappa shape index (κ2) is 4.20. The van der Waals surface area contributed by atoms with E-state index in [0.29, 0.717) is 11.1 Å². The largest absolute Gasteiger partial charge is 0.353 e. The van der Waals surface area contributed by atoms with E-state index in [1.54, 1.807) is 0 Å². The SMILES string of the molecule is O=C1NC(=O)c2c1c1c3ccccc3[nH]c1c1c2c2cccc3c2n1CC3. The molecule has 0 bridgehead atoms. The predicted molar refractivity (Wildman–Crippen MR) is 104 cm³/mol. The molecule has 2 aliphatic rings. The lowest BCUT2D eigenvalue weighted by Crippen LogP contribution is -2.20. The van der Waals surface area contributed by atoms with Gasteiger partial charge < -0.3 is 9.55 Å². The molecule has 128 valence electrons. The molecule has 0 spiro atoms. The number of nitrogens with zero attached hydrogens (tertiary/aromatic N) is 1. The quantitative estimate of drug-likeness (QED) is 0.416. The molecule has 0 atom stereocenters. The monoisotopic (exact) mass is 351 g/mol. The standard InChI is InChI=1S/C22H13N3O2/c26-21-16-14-11-5-1-2-7-13(11)23-18(14)20-15(17(16)22(27)24-21)12-6-3-4-10-8-9-25(20)19(10)12/h1-7,23H,8-9H2,(H,24,26,27). The zero-order valence-electron chi connectivity index (χ0n) is 14.2. The van der Waals surface area contributed by atoms with Gasteiger partial charge in [0.1, 0.15) is 0 Å². The summed E-state index contributed by atoms with van der Waals surface area (Å²) in [6.07, 6.45) is 0.993. The van der Waals surface area contributed by atoms with Gasteiger partial charge in [-0.05, 0) is 18.1 Å². The highest BCUT2D eigenvalue weighted by Crippen LogP contribution is 2.45. The van der Waals surface area contributed by atoms with Crippen molar-refractivity contribution in [3.8, 4) is 0 Å². The second-order valence-corrected chi connectivity index (χ2v) is 7.39. The lowest BCUT2D eigenvalue weighted by Gasteiger charge is -2.06. The van der Waals surface area contributed by atoms with Gasteiger partial charge in [0.15, 0.2) is 0 Å². The number of hydrogen-bond acceptors (Lipinski definition) is 2. The molecule has 5 aromatic rings. The summed E-state index contributed by atoms with van der Waals surface area (Å²) >= 11 is 0. The Morgan fingerprint density at radius 2 is 1.59 bits per heavy atom. The number of nitrogens with one attached hydrogen (secondary N) is 2. The van der Waals surface area contributed by atoms with Crippen LogP contribution in [-0.2, 0) is 13.0 Å². The molecule has 4 heterocycles. The molecule has 2 amide bonds. The van der Waals surface area contributed by atoms with Gasteiger partial charge in [-0.15, -0.1) is 0 Å². The molecule has 0 saturated heterocycles. The fourth-order valence-corrected chi connectivity index (χ4v) is 5.17. The van der Waals surface area contributed by atoms with E-state index in [4.69, 9.17) is 0 Å². The summed E-state index contributed by atoms with van der Waals surface area (Å²) in [5, 5.41) is 6.31. The van der Waals surface area contributed by atoms with Gasteiger partial charge >= 0.3 is 0 Å². The van der Waals surface area contributed by atoms with Gasteiger partial charge in [0.2, 0.25) is 0 Å². The van der Waals surface area contributed by atoms with Crippen LogP contribution in [0.4, 0.5) is 0 Å². The van der Waals surface area contributed by atoms with Crippen molar-refractivity contribution in [2.24, 2.45) is 0 Å². The van der Waals surface area contributed by atoms with E-state index < -0.39 is 0 Å². The van der Waals surface area contributed by atoms with Crippen molar-refractivity contribution in [1.29, 1.82) is 0 Å². The summed E-state index contributed by atoms with van der Waals surface area (Å²) in [5.74, 6) is -0.599. The summed E-state index contributed by atoms with van der Waals surface area (Å²) in [7, 11) is 0. The molecular weight excluding hydrogens is 338 g/mol. The topological polar surface area (TPSA) is 66.9 Å². The van der Waals surface area contributed by atoms with Crippen molar-refractivity contribution < 1.29 is 9.59 Å². The van der Waals surface area contributed by atoms with Crippen LogP contribution in [0.1, 0.15) is 26.3 Å². The Morgan fingerprint density at radius 1 is 0.815 bits per heavy atom. The van der Waals surface area contributed by atoms with Crippen LogP contribution in [0.3, 0.4) is 0 Å². The van der Waals surface area contributed by atoms with Gasteiger partial charge in [0, 0.05) is 33.6 Å². The normalized spacial score (nSPS) is 15.6. The third kappa shape index (κ3) is 1.37. The Hall–Kier alpha value is -3.60. The zero-order valence-corrected chi connectivity index (χ0v) is 14.2. The van der Waals surface area contributed by atoms with E-state index in [-0.39, 0.29) is 11.8 Å². The first-order valence-electron chi connectivity index (χ1n) is 9.10. The predicted octanol–water partition coefficient (Wildman–Crippen LogP) is 3.87. The average Bonchev–Trinajstić information content (AvgIpc) is 3.40. The number of para-hydroxylation sites is 2. The minimum Gasteiger partial charge on any atom is -0.353 e. The number of aryl methyl sites for hydroxylation is 2. The molecule has 5 nitrogen and oxygen atoms in total. The number of H-pyrrole nitrogens is 1. The fraction of sp³-hybridized carbons (Fsp3) is 0.0909. The van der Waals surface area contributed by atoms with Crippen LogP contribution in [0.15, 0.2) is 42.5 Å². The third-order valence-electron chi connectivity index (χ3n) is 6.14. The minimum atomic E-state index is -0.305. The number of rotatable bonds is 0. The first-order valence-corrected chi connectivity index (χ1v) is 9.10. The van der Waals surface area contributed by atoms with Crippen LogP contribution in [0.25, 0.3) is 43.6 Å². The molecule has 0 unspecified atom stereocenters. The Bertz CT molecular complexity index is 1530. The molecule has 0 fully saturated rings. The van der Waals surface area contributed by atoms with Crippen molar-refractivity contribution >= 4 is 55.4 Å². The van der Waals surface area contributed by atoms with Crippen LogP contribution in [0.2, 0.25) is 0 Å². The summed E-state index contributed by atoms with van der Waals surface area (Å²) in [4.78, 5) is 29.1. The van der Waals surface area contributed by atoms with E-state index in [1.807, 2.05) is 30.3 Å². The Kier molecular flexibility index (Phi) is 2.11. The highest BCUT2D eigenvalue weighted by Gasteiger charge is 2.36. The van der Waals surface area contributed by atoms with Crippen molar-refractivity contribution in [3.63, 3.8) is 0 Å². The van der Waals surface area contributed by atoms with E-state index in [9.17, 15) is 9.59 Å². The molecule has 27 heavy (non-hydrogen) atoms. The van der Waals surface area contributed by atoms with Gasteiger partial charge in [0.25, 0.3) is 11.8 Å². The maximum Gasteiger partial charge on any atom is 0.259 e. The molecule has 0 aliphatic carbocycles. The molecular formula is C22H13N3O2. The van der Waals surface area contributed by atoms with E-state index in [2.05, 4.69) is 27.0 Å². The molecule has 2 aromatic heterocycles. The Balaban J connectivity index is 1.91. The Labute approximate surface area is 152 Å². The van der Waals surface area contributed by atoms with E-state index in [0.717, 1.165) is 51.1 Å². The van der Waals surface area contributed by atoms with Crippen LogP contribution in [0, 0.1) is 0 Å². The summed E-state index contributed by atoms with van der Waals surface area (Å²) < 4.78 is 2.31. The van der Waals surface area contributed by atoms with Gasteiger partial charge in [0.05, 0.1) is 27.7 Å². The number of fused-ring (bicyclic) bond motifs is 10. The van der Waals surface area contributed by atoms with Crippen molar-refractivity contribution in [2.75, 3.05) is 0 Å². The number of imide groups is 1. The average molecular weight is 351 g/mol. The summed E-state index contributed by atoms with van der Waals surface area (Å²) in [6.45, 7) is 0.887. The van der Waals surface area contributed by atoms with Gasteiger partial charge in [-0.1, -0.05) is 36.4 Å². The van der Waals surface area contributed by atoms with Crippen molar-refractivity contribution in [1.82, 2.24) is 14.9 Å². The number of aromatic nitrogens is 2. The van der Waals surface area contributed by atoms with Gasteiger partial charge in [-0.3, -0.25) is 14.9 Å². The minimum absolute atomic E-state index is 0.294. The summed E-state index contributed by atoms with van der Waals surface area (Å²) in [6, 6.07) is 14.2. The Morgan fingerprint density at radius 3 is 2.48 bits per heavy atom. The van der Waals surface area contributed by atoms with E-state index >= 15 is 0 Å². The lowest BCUT2D eigenvalue weighted by molar-refractivity contribution is 0.0880. The van der Waals surface area contributed by atoms with Gasteiger partial charge in [-0.25, -0.2) is 0 Å². The van der Waals surface area contributed by atoms with E-state index in [1.165, 1.54) is 11.1 Å². The molecule has 0 radical (unpaired) electrons. The van der Waals surface area contributed by atoms with Crippen molar-refractivity contribution in [2.45, 2.75) is 13.0 Å². The first kappa shape index (κ1) is 13.6. The number of carbonyl (C=O) groups is 2. The highest BCUT2D eigenvalue weighted by molar-refractivity contribution is 6.39. The van der Waals surface area contributed by atoms with Crippen LogP contribution >= 0.6 is 0 Å². The molecule has 5 heteroatoms. The number of amides is 2. The number of carbonyl (C=O) groups excluding carboxylic acids is 2. The number of aromatic amines is 1. The number of hydrogen-bond donors (Lipinski definition) is 2. The maximum absolute atomic E-state index is 12.8. The molecule has 2 aliphatic heterocycles. The molecule has 3 aromatic carbocycles. The van der Waals surface area contributed by atoms with Crippen LogP contribution in [-0.4, -0.2) is 21.4 Å².